The topological polar surface area (TPSA) is 133 Å². The molecule has 0 fully saturated rings. The summed E-state index contributed by atoms with van der Waals surface area (Å²) in [4.78, 5) is 44.4. The van der Waals surface area contributed by atoms with Gasteiger partial charge in [0.2, 0.25) is 0 Å². The third-order valence-corrected chi connectivity index (χ3v) is 15.2. The molecule has 9 heteroatoms. The molecule has 0 bridgehead atoms. The van der Waals surface area contributed by atoms with Crippen LogP contribution >= 0.6 is 0 Å². The summed E-state index contributed by atoms with van der Waals surface area (Å²) in [5.74, 6) is -3.20. The number of benzene rings is 2. The van der Waals surface area contributed by atoms with Crippen LogP contribution in [-0.2, 0) is 28.7 Å². The van der Waals surface area contributed by atoms with Gasteiger partial charge in [-0.05, 0) is 48.0 Å². The predicted octanol–water partition coefficient (Wildman–Crippen LogP) is 12.6. The van der Waals surface area contributed by atoms with Crippen molar-refractivity contribution in [2.75, 3.05) is 0 Å². The second kappa shape index (κ2) is 42.5. The van der Waals surface area contributed by atoms with Crippen LogP contribution in [0.15, 0.2) is 85.0 Å². The Bertz CT molecular complexity index is 1350. The van der Waals surface area contributed by atoms with Gasteiger partial charge in [0, 0.05) is 12.2 Å². The van der Waals surface area contributed by atoms with Crippen LogP contribution in [0, 0.1) is 11.8 Å². The third-order valence-electron chi connectivity index (χ3n) is 11.2. The molecule has 0 aliphatic heterocycles. The van der Waals surface area contributed by atoms with Gasteiger partial charge in [-0.15, -0.1) is 0 Å². The molecule has 63 heavy (non-hydrogen) atoms. The van der Waals surface area contributed by atoms with E-state index in [0.717, 1.165) is 87.5 Å². The molecule has 8 nitrogen and oxygen atoms in total. The summed E-state index contributed by atoms with van der Waals surface area (Å²) >= 11 is 0.0736. The summed E-state index contributed by atoms with van der Waals surface area (Å²) in [5, 5.41) is 20.8. The van der Waals surface area contributed by atoms with E-state index in [2.05, 4.69) is 41.5 Å². The number of rotatable bonds is 34. The van der Waals surface area contributed by atoms with Crippen LogP contribution in [0.2, 0.25) is 8.87 Å². The number of hydrogen-bond donors (Lipinski definition) is 0. The van der Waals surface area contributed by atoms with E-state index in [4.69, 9.17) is 9.47 Å². The quantitative estimate of drug-likeness (QED) is 0.0293. The van der Waals surface area contributed by atoms with E-state index in [1.54, 1.807) is 21.7 Å². The first-order valence-electron chi connectivity index (χ1n) is 24.5. The molecular weight excluding hydrogens is 895 g/mol. The summed E-state index contributed by atoms with van der Waals surface area (Å²) in [6.45, 7) is 13.2. The van der Waals surface area contributed by atoms with Crippen molar-refractivity contribution in [3.05, 3.63) is 96.1 Å². The molecule has 2 aromatic carbocycles. The minimum absolute atomic E-state index is 0.0736. The molecule has 0 spiro atoms. The Morgan fingerprint density at radius 2 is 0.810 bits per heavy atom. The van der Waals surface area contributed by atoms with Gasteiger partial charge in [0.1, 0.15) is 12.2 Å². The van der Waals surface area contributed by atoms with Crippen LogP contribution in [0.25, 0.3) is 0 Å². The minimum atomic E-state index is -1.41. The maximum atomic E-state index is 11.8. The van der Waals surface area contributed by atoms with Crippen molar-refractivity contribution in [2.45, 2.75) is 204 Å². The number of ether oxygens (including phenoxy) is 2. The molecule has 2 rings (SSSR count). The van der Waals surface area contributed by atoms with Crippen molar-refractivity contribution in [3.63, 3.8) is 0 Å². The van der Waals surface area contributed by atoms with Crippen molar-refractivity contribution in [1.82, 2.24) is 0 Å². The fraction of sp³-hybridized carbons (Fsp3) is 0.630. The van der Waals surface area contributed by atoms with Gasteiger partial charge >= 0.3 is 133 Å². The van der Waals surface area contributed by atoms with E-state index in [-0.39, 0.29) is 33.4 Å². The number of unbranched alkanes of at least 4 members (excludes halogenated alkanes) is 12. The summed E-state index contributed by atoms with van der Waals surface area (Å²) < 4.78 is 14.3. The zero-order chi connectivity index (χ0) is 46.8. The molecule has 0 saturated carbocycles. The molecule has 0 amide bonds. The van der Waals surface area contributed by atoms with Gasteiger partial charge < -0.3 is 29.3 Å². The van der Waals surface area contributed by atoms with Crippen LogP contribution in [0.1, 0.15) is 206 Å². The van der Waals surface area contributed by atoms with Crippen molar-refractivity contribution in [1.29, 1.82) is 0 Å². The Balaban J connectivity index is 0.000000929. The number of aliphatic carboxylic acids is 2. The van der Waals surface area contributed by atoms with Crippen LogP contribution in [0.4, 0.5) is 0 Å². The predicted molar refractivity (Wildman–Crippen MR) is 257 cm³/mol. The molecule has 0 aromatic heterocycles. The zero-order valence-corrected chi connectivity index (χ0v) is 43.0. The van der Waals surface area contributed by atoms with E-state index in [9.17, 15) is 29.4 Å². The molecular formula is C54H84O8Sn. The molecule has 4 atom stereocenters. The Hall–Kier alpha value is -3.40. The van der Waals surface area contributed by atoms with E-state index in [1.165, 1.54) is 64.2 Å². The standard InChI is InChI=1S/2C19H26O4.2C8H17.Sn/c2*1-3-5-9-15(4-2)14-17(16-10-7-6-8-11-16)23-19(22)13-12-18(20)21;2*1-3-5-7-8-6-4-2;/h2*6-8,10-13,15,17H,3-5,9,14H2,1-2H3,(H,20,21);2*1,3-8H2,2H3;/q;;;;+2/p-2. The molecule has 2 aromatic rings. The maximum absolute atomic E-state index is 11.8. The fourth-order valence-electron chi connectivity index (χ4n) is 7.23. The monoisotopic (exact) mass is 981 g/mol. The Morgan fingerprint density at radius 1 is 0.476 bits per heavy atom. The number of esters is 2. The molecule has 0 radical (unpaired) electrons. The normalized spacial score (nSPS) is 12.8. The summed E-state index contributed by atoms with van der Waals surface area (Å²) in [6, 6.07) is 19.1. The van der Waals surface area contributed by atoms with Gasteiger partial charge in [0.05, 0.1) is 11.9 Å². The third kappa shape index (κ3) is 35.6. The van der Waals surface area contributed by atoms with Gasteiger partial charge in [0.25, 0.3) is 0 Å². The summed E-state index contributed by atoms with van der Waals surface area (Å²) in [6.07, 6.45) is 30.6. The van der Waals surface area contributed by atoms with Gasteiger partial charge in [-0.3, -0.25) is 0 Å². The first-order chi connectivity index (χ1) is 30.5. The number of carbonyl (C=O) groups excluding carboxylic acids is 4. The van der Waals surface area contributed by atoms with E-state index < -0.39 is 23.9 Å². The van der Waals surface area contributed by atoms with Crippen LogP contribution in [0.5, 0.6) is 0 Å². The van der Waals surface area contributed by atoms with Gasteiger partial charge in [-0.25, -0.2) is 9.59 Å². The van der Waals surface area contributed by atoms with E-state index in [0.29, 0.717) is 24.0 Å². The van der Waals surface area contributed by atoms with E-state index in [1.807, 2.05) is 60.7 Å². The molecule has 0 aliphatic rings. The molecule has 0 N–H and O–H groups in total. The summed E-state index contributed by atoms with van der Waals surface area (Å²) in [7, 11) is 0. The van der Waals surface area contributed by atoms with Crippen molar-refractivity contribution in [3.8, 4) is 0 Å². The zero-order valence-electron chi connectivity index (χ0n) is 40.1. The first kappa shape index (κ1) is 59.6. The Morgan fingerprint density at radius 3 is 1.13 bits per heavy atom. The average Bonchev–Trinajstić information content (AvgIpc) is 3.29. The molecule has 0 heterocycles. The number of hydrogen-bond acceptors (Lipinski definition) is 8. The first-order valence-corrected chi connectivity index (χ1v) is 28.6. The van der Waals surface area contributed by atoms with Crippen molar-refractivity contribution >= 4 is 45.0 Å². The molecule has 0 saturated heterocycles. The molecule has 0 aliphatic carbocycles. The van der Waals surface area contributed by atoms with Gasteiger partial charge in [-0.1, -0.05) is 140 Å². The van der Waals surface area contributed by atoms with Crippen LogP contribution in [-0.4, -0.2) is 45.0 Å². The average molecular weight is 980 g/mol. The van der Waals surface area contributed by atoms with Crippen LogP contribution in [0.3, 0.4) is 0 Å². The number of carbonyl (C=O) groups is 4. The Labute approximate surface area is 393 Å². The molecule has 4 unspecified atom stereocenters. The van der Waals surface area contributed by atoms with Gasteiger partial charge in [0.15, 0.2) is 0 Å². The summed E-state index contributed by atoms with van der Waals surface area (Å²) in [5.41, 5.74) is 1.86. The van der Waals surface area contributed by atoms with Crippen molar-refractivity contribution < 1.29 is 38.9 Å². The fourth-order valence-corrected chi connectivity index (χ4v) is 10.8. The SMILES string of the molecule is CCCCC(CC)CC(OC(=O)C=CC(=O)[O-])c1ccccc1.CCCCC(CC)CC(OC(=O)C=CC(=O)[O-])c1ccccc1.CCCCCCC[CH2][Sn+2][CH2]CCCCCCC. The molecule has 352 valence electrons. The number of carboxylic acids is 2. The second-order valence-electron chi connectivity index (χ2n) is 16.6. The van der Waals surface area contributed by atoms with Crippen LogP contribution < -0.4 is 10.2 Å². The second-order valence-corrected chi connectivity index (χ2v) is 20.8. The van der Waals surface area contributed by atoms with Gasteiger partial charge in [-0.2, -0.15) is 0 Å². The van der Waals surface area contributed by atoms with E-state index >= 15 is 0 Å². The van der Waals surface area contributed by atoms with Crippen molar-refractivity contribution in [2.24, 2.45) is 11.8 Å². The Kier molecular flexibility index (Phi) is 40.2. The number of carboxylic acid groups (broad SMARTS) is 2.